The summed E-state index contributed by atoms with van der Waals surface area (Å²) in [5, 5.41) is 1.07. The molecule has 1 aliphatic rings. The largest absolute Gasteiger partial charge is 0.448 e. The molecule has 4 aromatic rings. The number of carbonyl (C=O) groups excluding carboxylic acids is 1. The lowest BCUT2D eigenvalue weighted by atomic mass is 10.3. The third kappa shape index (κ3) is 3.93. The number of aromatic nitrogens is 1. The van der Waals surface area contributed by atoms with Gasteiger partial charge in [0.15, 0.2) is 16.5 Å². The van der Waals surface area contributed by atoms with Crippen LogP contribution < -0.4 is 0 Å². The minimum atomic E-state index is -3.66. The summed E-state index contributed by atoms with van der Waals surface area (Å²) in [6.45, 7) is 0.948. The van der Waals surface area contributed by atoms with Gasteiger partial charge in [-0.3, -0.25) is 4.79 Å². The Kier molecular flexibility index (Phi) is 5.50. The molecule has 0 spiro atoms. The Hall–Kier alpha value is -2.72. The Labute approximate surface area is 193 Å². The Morgan fingerprint density at radius 1 is 1.00 bits per heavy atom. The van der Waals surface area contributed by atoms with Gasteiger partial charge < -0.3 is 9.32 Å². The smallest absolute Gasteiger partial charge is 0.289 e. The van der Waals surface area contributed by atoms with Crippen molar-refractivity contribution in [2.75, 3.05) is 26.2 Å². The third-order valence-electron chi connectivity index (χ3n) is 5.28. The van der Waals surface area contributed by atoms with Gasteiger partial charge in [-0.1, -0.05) is 29.8 Å². The van der Waals surface area contributed by atoms with Crippen LogP contribution in [-0.4, -0.2) is 54.7 Å². The van der Waals surface area contributed by atoms with Crippen molar-refractivity contribution in [1.29, 1.82) is 0 Å². The van der Waals surface area contributed by atoms with Crippen molar-refractivity contribution in [3.05, 3.63) is 71.4 Å². The maximum Gasteiger partial charge on any atom is 0.289 e. The standard InChI is InChI=1S/C22H18ClN3O4S2/c23-15-4-3-5-16(14-15)32(28,29)26-12-10-25(11-13-26)22(27)19-9-8-18(30-19)21-24-17-6-1-2-7-20(17)31-21/h1-9,14H,10-13H2. The van der Waals surface area contributed by atoms with Crippen LogP contribution in [-0.2, 0) is 10.0 Å². The molecule has 0 atom stereocenters. The molecule has 2 aromatic heterocycles. The number of fused-ring (bicyclic) bond motifs is 1. The number of amides is 1. The number of rotatable bonds is 4. The summed E-state index contributed by atoms with van der Waals surface area (Å²) in [7, 11) is -3.66. The first-order valence-corrected chi connectivity index (χ1v) is 12.6. The topological polar surface area (TPSA) is 83.7 Å². The van der Waals surface area contributed by atoms with E-state index < -0.39 is 10.0 Å². The maximum absolute atomic E-state index is 12.9. The highest BCUT2D eigenvalue weighted by Gasteiger charge is 2.31. The quantitative estimate of drug-likeness (QED) is 0.427. The Morgan fingerprint density at radius 3 is 2.53 bits per heavy atom. The van der Waals surface area contributed by atoms with Crippen LogP contribution in [0.25, 0.3) is 21.0 Å². The molecule has 32 heavy (non-hydrogen) atoms. The highest BCUT2D eigenvalue weighted by atomic mass is 35.5. The highest BCUT2D eigenvalue weighted by Crippen LogP contribution is 2.31. The second kappa shape index (κ2) is 8.32. The molecule has 0 aliphatic carbocycles. The van der Waals surface area contributed by atoms with E-state index in [1.165, 1.54) is 27.8 Å². The van der Waals surface area contributed by atoms with Gasteiger partial charge in [0.2, 0.25) is 10.0 Å². The van der Waals surface area contributed by atoms with Gasteiger partial charge in [-0.05, 0) is 42.5 Å². The van der Waals surface area contributed by atoms with Crippen LogP contribution in [0.4, 0.5) is 0 Å². The van der Waals surface area contributed by atoms with E-state index in [9.17, 15) is 13.2 Å². The summed E-state index contributed by atoms with van der Waals surface area (Å²) in [5.41, 5.74) is 0.883. The number of sulfonamides is 1. The van der Waals surface area contributed by atoms with Gasteiger partial charge in [0.05, 0.1) is 15.1 Å². The zero-order valence-electron chi connectivity index (χ0n) is 16.8. The van der Waals surface area contributed by atoms with Gasteiger partial charge in [-0.25, -0.2) is 13.4 Å². The van der Waals surface area contributed by atoms with Crippen LogP contribution in [0, 0.1) is 0 Å². The summed E-state index contributed by atoms with van der Waals surface area (Å²) >= 11 is 7.44. The zero-order chi connectivity index (χ0) is 22.3. The van der Waals surface area contributed by atoms with E-state index in [0.717, 1.165) is 10.2 Å². The molecular weight excluding hydrogens is 470 g/mol. The molecule has 164 valence electrons. The van der Waals surface area contributed by atoms with Crippen LogP contribution in [0.1, 0.15) is 10.6 Å². The van der Waals surface area contributed by atoms with Gasteiger partial charge in [0.1, 0.15) is 0 Å². The lowest BCUT2D eigenvalue weighted by molar-refractivity contribution is 0.0667. The Bertz CT molecular complexity index is 1370. The van der Waals surface area contributed by atoms with Crippen molar-refractivity contribution < 1.29 is 17.6 Å². The van der Waals surface area contributed by atoms with Crippen LogP contribution in [0.15, 0.2) is 70.0 Å². The van der Waals surface area contributed by atoms with E-state index in [1.54, 1.807) is 29.2 Å². The Morgan fingerprint density at radius 2 is 1.78 bits per heavy atom. The van der Waals surface area contributed by atoms with Crippen LogP contribution in [0.2, 0.25) is 5.02 Å². The molecule has 0 saturated carbocycles. The third-order valence-corrected chi connectivity index (χ3v) is 8.46. The number of furan rings is 1. The van der Waals surface area contributed by atoms with Crippen molar-refractivity contribution in [1.82, 2.24) is 14.2 Å². The number of para-hydroxylation sites is 1. The zero-order valence-corrected chi connectivity index (χ0v) is 19.2. The molecule has 10 heteroatoms. The van der Waals surface area contributed by atoms with Crippen molar-refractivity contribution in [3.63, 3.8) is 0 Å². The molecule has 1 saturated heterocycles. The molecule has 0 unspecified atom stereocenters. The minimum Gasteiger partial charge on any atom is -0.448 e. The molecule has 0 bridgehead atoms. The van der Waals surface area contributed by atoms with Gasteiger partial charge in [0, 0.05) is 31.2 Å². The fourth-order valence-corrected chi connectivity index (χ4v) is 6.26. The van der Waals surface area contributed by atoms with E-state index in [-0.39, 0.29) is 42.7 Å². The van der Waals surface area contributed by atoms with E-state index in [1.807, 2.05) is 24.3 Å². The van der Waals surface area contributed by atoms with E-state index >= 15 is 0 Å². The van der Waals surface area contributed by atoms with Crippen LogP contribution >= 0.6 is 22.9 Å². The molecule has 3 heterocycles. The summed E-state index contributed by atoms with van der Waals surface area (Å²) in [6.07, 6.45) is 0. The highest BCUT2D eigenvalue weighted by molar-refractivity contribution is 7.89. The van der Waals surface area contributed by atoms with Gasteiger partial charge >= 0.3 is 0 Å². The molecule has 2 aromatic carbocycles. The number of halogens is 1. The first-order chi connectivity index (χ1) is 15.4. The summed E-state index contributed by atoms with van der Waals surface area (Å²) in [5.74, 6) is 0.485. The first-order valence-electron chi connectivity index (χ1n) is 9.92. The Balaban J connectivity index is 1.28. The first kappa shape index (κ1) is 21.1. The fraction of sp³-hybridized carbons (Fsp3) is 0.182. The molecule has 0 radical (unpaired) electrons. The van der Waals surface area contributed by atoms with E-state index in [4.69, 9.17) is 16.0 Å². The van der Waals surface area contributed by atoms with Crippen LogP contribution in [0.5, 0.6) is 0 Å². The number of nitrogens with zero attached hydrogens (tertiary/aromatic N) is 3. The van der Waals surface area contributed by atoms with Crippen molar-refractivity contribution in [2.24, 2.45) is 0 Å². The molecule has 5 rings (SSSR count). The fourth-order valence-electron chi connectivity index (χ4n) is 3.61. The molecule has 0 N–H and O–H groups in total. The lowest BCUT2D eigenvalue weighted by Crippen LogP contribution is -2.50. The monoisotopic (exact) mass is 487 g/mol. The number of hydrogen-bond acceptors (Lipinski definition) is 6. The number of piperazine rings is 1. The molecule has 1 fully saturated rings. The average Bonchev–Trinajstić information content (AvgIpc) is 3.46. The number of thiazole rings is 1. The van der Waals surface area contributed by atoms with Crippen LogP contribution in [0.3, 0.4) is 0 Å². The maximum atomic E-state index is 12.9. The molecule has 7 nitrogen and oxygen atoms in total. The lowest BCUT2D eigenvalue weighted by Gasteiger charge is -2.33. The second-order valence-corrected chi connectivity index (χ2v) is 10.7. The second-order valence-electron chi connectivity index (χ2n) is 7.30. The molecular formula is C22H18ClN3O4S2. The normalized spacial score (nSPS) is 15.3. The van der Waals surface area contributed by atoms with E-state index in [0.29, 0.717) is 15.8 Å². The van der Waals surface area contributed by atoms with Gasteiger partial charge in [-0.15, -0.1) is 11.3 Å². The predicted molar refractivity (Wildman–Crippen MR) is 123 cm³/mol. The average molecular weight is 488 g/mol. The van der Waals surface area contributed by atoms with Crippen molar-refractivity contribution in [2.45, 2.75) is 4.90 Å². The summed E-state index contributed by atoms with van der Waals surface area (Å²) < 4.78 is 33.9. The van der Waals surface area contributed by atoms with Crippen molar-refractivity contribution in [3.8, 4) is 10.8 Å². The molecule has 1 aliphatic heterocycles. The predicted octanol–water partition coefficient (Wildman–Crippen LogP) is 4.36. The number of benzene rings is 2. The number of hydrogen-bond donors (Lipinski definition) is 0. The summed E-state index contributed by atoms with van der Waals surface area (Å²) in [4.78, 5) is 19.2. The van der Waals surface area contributed by atoms with Crippen molar-refractivity contribution >= 4 is 49.1 Å². The number of carbonyl (C=O) groups is 1. The van der Waals surface area contributed by atoms with Gasteiger partial charge in [-0.2, -0.15) is 4.31 Å². The van der Waals surface area contributed by atoms with Gasteiger partial charge in [0.25, 0.3) is 5.91 Å². The molecule has 1 amide bonds. The van der Waals surface area contributed by atoms with E-state index in [2.05, 4.69) is 4.98 Å². The SMILES string of the molecule is O=C(c1ccc(-c2nc3ccccc3s2)o1)N1CCN(S(=O)(=O)c2cccc(Cl)c2)CC1. The minimum absolute atomic E-state index is 0.149. The summed E-state index contributed by atoms with van der Waals surface area (Å²) in [6, 6.07) is 17.4.